The second-order valence-electron chi connectivity index (χ2n) is 6.82. The highest BCUT2D eigenvalue weighted by Gasteiger charge is 2.20. The maximum atomic E-state index is 12.4. The maximum absolute atomic E-state index is 12.4. The van der Waals surface area contributed by atoms with Crippen LogP contribution in [0.4, 0.5) is 4.79 Å². The van der Waals surface area contributed by atoms with Crippen molar-refractivity contribution in [2.45, 2.75) is 27.3 Å². The Morgan fingerprint density at radius 1 is 1.00 bits per heavy atom. The molecule has 0 aliphatic rings. The Labute approximate surface area is 196 Å². The third kappa shape index (κ3) is 4.94. The number of carbonyl (C=O) groups excluding carboxylic acids is 1. The summed E-state index contributed by atoms with van der Waals surface area (Å²) in [7, 11) is 0. The van der Waals surface area contributed by atoms with Gasteiger partial charge in [0.2, 0.25) is 0 Å². The van der Waals surface area contributed by atoms with Crippen LogP contribution < -0.4 is 5.32 Å². The van der Waals surface area contributed by atoms with Gasteiger partial charge in [-0.1, -0.05) is 53.0 Å². The number of halogens is 3. The van der Waals surface area contributed by atoms with Gasteiger partial charge < -0.3 is 10.2 Å². The molecule has 2 amide bonds. The van der Waals surface area contributed by atoms with Crippen molar-refractivity contribution in [2.24, 2.45) is 0 Å². The summed E-state index contributed by atoms with van der Waals surface area (Å²) in [4.78, 5) is 16.3. The molecule has 0 aliphatic carbocycles. The van der Waals surface area contributed by atoms with E-state index in [2.05, 4.69) is 12.2 Å². The molecule has 30 heavy (non-hydrogen) atoms. The number of thiophene rings is 1. The molecule has 0 bridgehead atoms. The van der Waals surface area contributed by atoms with E-state index < -0.39 is 0 Å². The molecule has 158 valence electrons. The Morgan fingerprint density at radius 2 is 1.63 bits per heavy atom. The first-order chi connectivity index (χ1) is 14.3. The van der Waals surface area contributed by atoms with Gasteiger partial charge in [-0.2, -0.15) is 0 Å². The molecular weight excluding hydrogens is 459 g/mol. The number of benzene rings is 2. The Hall–Kier alpha value is -1.72. The molecule has 0 atom stereocenters. The molecule has 0 saturated carbocycles. The van der Waals surface area contributed by atoms with Crippen LogP contribution in [0.2, 0.25) is 15.1 Å². The van der Waals surface area contributed by atoms with E-state index in [0.29, 0.717) is 34.7 Å². The molecule has 0 saturated heterocycles. The monoisotopic (exact) mass is 480 g/mol. The van der Waals surface area contributed by atoms with Crippen LogP contribution in [0, 0.1) is 6.92 Å². The predicted molar refractivity (Wildman–Crippen MR) is 130 cm³/mol. The molecule has 3 rings (SSSR count). The molecule has 0 fully saturated rings. The third-order valence-electron chi connectivity index (χ3n) is 5.01. The Morgan fingerprint density at radius 3 is 2.23 bits per heavy atom. The molecule has 3 nitrogen and oxygen atoms in total. The van der Waals surface area contributed by atoms with E-state index in [9.17, 15) is 4.79 Å². The quantitative estimate of drug-likeness (QED) is 0.381. The molecule has 2 aromatic carbocycles. The molecular formula is C23H23Cl3N2OS. The lowest BCUT2D eigenvalue weighted by atomic mass is 9.98. The second kappa shape index (κ2) is 10.1. The van der Waals surface area contributed by atoms with Gasteiger partial charge in [-0.25, -0.2) is 4.79 Å². The van der Waals surface area contributed by atoms with E-state index in [1.807, 2.05) is 50.2 Å². The lowest BCUT2D eigenvalue weighted by Crippen LogP contribution is -2.39. The van der Waals surface area contributed by atoms with E-state index in [1.165, 1.54) is 0 Å². The minimum absolute atomic E-state index is 0.0630. The lowest BCUT2D eigenvalue weighted by molar-refractivity contribution is 0.203. The maximum Gasteiger partial charge on any atom is 0.317 e. The smallest absolute Gasteiger partial charge is 0.317 e. The van der Waals surface area contributed by atoms with Crippen molar-refractivity contribution in [3.05, 3.63) is 68.0 Å². The zero-order chi connectivity index (χ0) is 21.8. The first-order valence-corrected chi connectivity index (χ1v) is 11.7. The van der Waals surface area contributed by atoms with Crippen LogP contribution in [0.15, 0.2) is 42.5 Å². The Kier molecular flexibility index (Phi) is 7.70. The molecule has 1 heterocycles. The summed E-state index contributed by atoms with van der Waals surface area (Å²) in [6.07, 6.45) is 0. The van der Waals surface area contributed by atoms with Gasteiger partial charge >= 0.3 is 6.03 Å². The number of urea groups is 1. The van der Waals surface area contributed by atoms with Crippen LogP contribution in [0.25, 0.3) is 21.6 Å². The number of amides is 2. The normalized spacial score (nSPS) is 10.9. The van der Waals surface area contributed by atoms with Gasteiger partial charge in [0.05, 0.1) is 11.6 Å². The van der Waals surface area contributed by atoms with Gasteiger partial charge in [0, 0.05) is 44.0 Å². The van der Waals surface area contributed by atoms with Crippen LogP contribution in [0.5, 0.6) is 0 Å². The number of rotatable bonds is 6. The number of hydrogen-bond donors (Lipinski definition) is 1. The fraction of sp³-hybridized carbons (Fsp3) is 0.261. The van der Waals surface area contributed by atoms with Crippen LogP contribution >= 0.6 is 46.1 Å². The highest BCUT2D eigenvalue weighted by molar-refractivity contribution is 7.16. The standard InChI is InChI=1S/C23H23Cl3N2OS/c1-4-28(5-2)23(29)27-13-20-14(3)21(15-6-8-16(24)9-7-15)22(30-20)18-11-10-17(25)12-19(18)26/h6-12H,4-5,13H2,1-3H3,(H,27,29). The highest BCUT2D eigenvalue weighted by Crippen LogP contribution is 2.45. The van der Waals surface area contributed by atoms with Gasteiger partial charge in [0.1, 0.15) is 0 Å². The number of nitrogens with one attached hydrogen (secondary N) is 1. The molecule has 7 heteroatoms. The molecule has 1 aromatic heterocycles. The van der Waals surface area contributed by atoms with Gasteiger partial charge in [-0.05, 0) is 56.2 Å². The number of nitrogens with zero attached hydrogens (tertiary/aromatic N) is 1. The van der Waals surface area contributed by atoms with Gasteiger partial charge in [0.25, 0.3) is 0 Å². The molecule has 0 aliphatic heterocycles. The summed E-state index contributed by atoms with van der Waals surface area (Å²) in [5, 5.41) is 4.91. The average Bonchev–Trinajstić information content (AvgIpc) is 3.04. The fourth-order valence-electron chi connectivity index (χ4n) is 3.34. The molecule has 1 N–H and O–H groups in total. The SMILES string of the molecule is CCN(CC)C(=O)NCc1sc(-c2ccc(Cl)cc2Cl)c(-c2ccc(Cl)cc2)c1C. The summed E-state index contributed by atoms with van der Waals surface area (Å²) >= 11 is 20.4. The summed E-state index contributed by atoms with van der Waals surface area (Å²) < 4.78 is 0. The minimum atomic E-state index is -0.0630. The zero-order valence-corrected chi connectivity index (χ0v) is 20.1. The number of hydrogen-bond acceptors (Lipinski definition) is 2. The zero-order valence-electron chi connectivity index (χ0n) is 17.1. The molecule has 0 radical (unpaired) electrons. The Bertz CT molecular complexity index is 1040. The summed E-state index contributed by atoms with van der Waals surface area (Å²) in [5.74, 6) is 0. The largest absolute Gasteiger partial charge is 0.333 e. The van der Waals surface area contributed by atoms with E-state index >= 15 is 0 Å². The topological polar surface area (TPSA) is 32.3 Å². The van der Waals surface area contributed by atoms with E-state index in [4.69, 9.17) is 34.8 Å². The van der Waals surface area contributed by atoms with E-state index in [1.54, 1.807) is 22.3 Å². The summed E-state index contributed by atoms with van der Waals surface area (Å²) in [5.41, 5.74) is 4.17. The summed E-state index contributed by atoms with van der Waals surface area (Å²) in [6.45, 7) is 7.82. The third-order valence-corrected chi connectivity index (χ3v) is 7.13. The first kappa shape index (κ1) is 23.0. The fourth-order valence-corrected chi connectivity index (χ4v) is 5.33. The molecule has 0 spiro atoms. The van der Waals surface area contributed by atoms with Crippen molar-refractivity contribution in [3.8, 4) is 21.6 Å². The van der Waals surface area contributed by atoms with Gasteiger partial charge in [-0.3, -0.25) is 0 Å². The van der Waals surface area contributed by atoms with Crippen LogP contribution in [-0.4, -0.2) is 24.0 Å². The van der Waals surface area contributed by atoms with Crippen molar-refractivity contribution < 1.29 is 4.79 Å². The average molecular weight is 482 g/mol. The predicted octanol–water partition coefficient (Wildman–Crippen LogP) is 7.90. The van der Waals surface area contributed by atoms with Crippen molar-refractivity contribution in [3.63, 3.8) is 0 Å². The van der Waals surface area contributed by atoms with E-state index in [-0.39, 0.29) is 6.03 Å². The van der Waals surface area contributed by atoms with Gasteiger partial charge in [0.15, 0.2) is 0 Å². The molecule has 3 aromatic rings. The van der Waals surface area contributed by atoms with Crippen molar-refractivity contribution in [1.29, 1.82) is 0 Å². The highest BCUT2D eigenvalue weighted by atomic mass is 35.5. The van der Waals surface area contributed by atoms with E-state index in [0.717, 1.165) is 32.0 Å². The van der Waals surface area contributed by atoms with Crippen LogP contribution in [0.3, 0.4) is 0 Å². The minimum Gasteiger partial charge on any atom is -0.333 e. The Balaban J connectivity index is 2.05. The van der Waals surface area contributed by atoms with Crippen LogP contribution in [0.1, 0.15) is 24.3 Å². The van der Waals surface area contributed by atoms with Crippen molar-refractivity contribution >= 4 is 52.2 Å². The first-order valence-electron chi connectivity index (χ1n) is 9.72. The number of carbonyl (C=O) groups is 1. The van der Waals surface area contributed by atoms with Crippen molar-refractivity contribution in [2.75, 3.05) is 13.1 Å². The van der Waals surface area contributed by atoms with Crippen LogP contribution in [-0.2, 0) is 6.54 Å². The second-order valence-corrected chi connectivity index (χ2v) is 9.20. The summed E-state index contributed by atoms with van der Waals surface area (Å²) in [6, 6.07) is 13.2. The van der Waals surface area contributed by atoms with Gasteiger partial charge in [-0.15, -0.1) is 11.3 Å². The lowest BCUT2D eigenvalue weighted by Gasteiger charge is -2.19. The van der Waals surface area contributed by atoms with Crippen molar-refractivity contribution in [1.82, 2.24) is 10.2 Å². The molecule has 0 unspecified atom stereocenters.